The van der Waals surface area contributed by atoms with E-state index in [-0.39, 0.29) is 18.2 Å². The molecule has 6 heteroatoms. The van der Waals surface area contributed by atoms with Gasteiger partial charge < -0.3 is 10.6 Å². The summed E-state index contributed by atoms with van der Waals surface area (Å²) in [5.41, 5.74) is 3.91. The number of carbonyl (C=O) groups is 2. The van der Waals surface area contributed by atoms with Crippen LogP contribution in [0.4, 0.5) is 11.5 Å². The third-order valence-electron chi connectivity index (χ3n) is 4.63. The summed E-state index contributed by atoms with van der Waals surface area (Å²) in [6, 6.07) is 7.52. The fourth-order valence-electron chi connectivity index (χ4n) is 3.52. The van der Waals surface area contributed by atoms with Crippen LogP contribution in [-0.2, 0) is 29.5 Å². The Kier molecular flexibility index (Phi) is 3.18. The first kappa shape index (κ1) is 14.0. The topological polar surface area (TPSA) is 76.0 Å². The van der Waals surface area contributed by atoms with Crippen molar-refractivity contribution >= 4 is 23.3 Å². The predicted molar refractivity (Wildman–Crippen MR) is 86.3 cm³/mol. The molecule has 0 saturated heterocycles. The van der Waals surface area contributed by atoms with Crippen molar-refractivity contribution in [1.82, 2.24) is 9.78 Å². The van der Waals surface area contributed by atoms with Crippen molar-refractivity contribution in [3.05, 3.63) is 41.1 Å². The van der Waals surface area contributed by atoms with E-state index in [9.17, 15) is 9.59 Å². The second kappa shape index (κ2) is 5.22. The van der Waals surface area contributed by atoms with E-state index in [1.54, 1.807) is 4.68 Å². The van der Waals surface area contributed by atoms with E-state index in [1.807, 2.05) is 31.3 Å². The van der Waals surface area contributed by atoms with E-state index in [0.29, 0.717) is 0 Å². The van der Waals surface area contributed by atoms with Crippen LogP contribution in [0.1, 0.15) is 35.6 Å². The van der Waals surface area contributed by atoms with Gasteiger partial charge in [-0.1, -0.05) is 18.2 Å². The minimum absolute atomic E-state index is 0.114. The molecule has 1 aliphatic carbocycles. The molecule has 23 heavy (non-hydrogen) atoms. The fraction of sp³-hybridized carbons (Fsp3) is 0.353. The van der Waals surface area contributed by atoms with Crippen LogP contribution in [0.15, 0.2) is 24.3 Å². The summed E-state index contributed by atoms with van der Waals surface area (Å²) in [5.74, 6) is 0.0813. The Balaban J connectivity index is 1.52. The highest BCUT2D eigenvalue weighted by Gasteiger charge is 2.32. The number of para-hydroxylation sites is 1. The van der Waals surface area contributed by atoms with Gasteiger partial charge in [-0.15, -0.1) is 0 Å². The lowest BCUT2D eigenvalue weighted by Gasteiger charge is -2.11. The third kappa shape index (κ3) is 2.30. The van der Waals surface area contributed by atoms with Crippen LogP contribution in [0.25, 0.3) is 0 Å². The molecule has 2 aliphatic rings. The van der Waals surface area contributed by atoms with E-state index in [2.05, 4.69) is 15.7 Å². The van der Waals surface area contributed by atoms with Crippen LogP contribution in [0.5, 0.6) is 0 Å². The molecule has 0 spiro atoms. The van der Waals surface area contributed by atoms with Crippen LogP contribution >= 0.6 is 0 Å². The Hall–Kier alpha value is -2.63. The van der Waals surface area contributed by atoms with Crippen molar-refractivity contribution in [3.63, 3.8) is 0 Å². The van der Waals surface area contributed by atoms with Gasteiger partial charge in [-0.05, 0) is 30.9 Å². The summed E-state index contributed by atoms with van der Waals surface area (Å²) in [5, 5.41) is 10.2. The summed E-state index contributed by atoms with van der Waals surface area (Å²) in [7, 11) is 1.84. The molecule has 0 fully saturated rings. The number of nitrogens with one attached hydrogen (secondary N) is 2. The third-order valence-corrected chi connectivity index (χ3v) is 4.63. The summed E-state index contributed by atoms with van der Waals surface area (Å²) in [6.45, 7) is 0. The standard InChI is InChI=1S/C17H18N4O2/c1-21-16(11-6-4-8-14(11)20-21)19-15(22)9-12-10-5-2-3-7-13(10)18-17(12)23/h2-3,5,7,12H,4,6,8-9H2,1H3,(H,18,23)(H,19,22). The molecule has 4 rings (SSSR count). The van der Waals surface area contributed by atoms with Crippen LogP contribution in [-0.4, -0.2) is 21.6 Å². The first-order valence-corrected chi connectivity index (χ1v) is 7.88. The van der Waals surface area contributed by atoms with Gasteiger partial charge in [0, 0.05) is 24.7 Å². The maximum Gasteiger partial charge on any atom is 0.232 e. The number of fused-ring (bicyclic) bond motifs is 2. The second-order valence-electron chi connectivity index (χ2n) is 6.13. The smallest absolute Gasteiger partial charge is 0.232 e. The number of aryl methyl sites for hydroxylation is 2. The van der Waals surface area contributed by atoms with Gasteiger partial charge in [-0.3, -0.25) is 14.3 Å². The fourth-order valence-corrected chi connectivity index (χ4v) is 3.52. The zero-order chi connectivity index (χ0) is 16.0. The number of carbonyl (C=O) groups excluding carboxylic acids is 2. The number of hydrogen-bond acceptors (Lipinski definition) is 3. The highest BCUT2D eigenvalue weighted by Crippen LogP contribution is 2.35. The molecule has 1 unspecified atom stereocenters. The van der Waals surface area contributed by atoms with Gasteiger partial charge in [0.1, 0.15) is 5.82 Å². The zero-order valence-electron chi connectivity index (χ0n) is 12.9. The van der Waals surface area contributed by atoms with Gasteiger partial charge in [0.05, 0.1) is 11.6 Å². The number of hydrogen-bond donors (Lipinski definition) is 2. The lowest BCUT2D eigenvalue weighted by molar-refractivity contribution is -0.122. The number of aromatic nitrogens is 2. The lowest BCUT2D eigenvalue weighted by Crippen LogP contribution is -2.21. The molecule has 2 amide bonds. The minimum atomic E-state index is -0.424. The van der Waals surface area contributed by atoms with Gasteiger partial charge in [-0.2, -0.15) is 5.10 Å². The molecule has 0 bridgehead atoms. The molecule has 0 saturated carbocycles. The summed E-state index contributed by atoms with van der Waals surface area (Å²) in [6.07, 6.45) is 3.14. The van der Waals surface area contributed by atoms with Gasteiger partial charge in [-0.25, -0.2) is 0 Å². The maximum atomic E-state index is 12.4. The number of nitrogens with zero attached hydrogens (tertiary/aromatic N) is 2. The molecule has 118 valence electrons. The SMILES string of the molecule is Cn1nc2c(c1NC(=O)CC1C(=O)Nc3ccccc31)CCC2. The van der Waals surface area contributed by atoms with Crippen molar-refractivity contribution in [3.8, 4) is 0 Å². The number of rotatable bonds is 3. The monoisotopic (exact) mass is 310 g/mol. The second-order valence-corrected chi connectivity index (χ2v) is 6.13. The predicted octanol–water partition coefficient (Wildman–Crippen LogP) is 1.97. The molecular weight excluding hydrogens is 292 g/mol. The number of amides is 2. The summed E-state index contributed by atoms with van der Waals surface area (Å²) >= 11 is 0. The maximum absolute atomic E-state index is 12.4. The van der Waals surface area contributed by atoms with Gasteiger partial charge in [0.25, 0.3) is 0 Å². The van der Waals surface area contributed by atoms with E-state index >= 15 is 0 Å². The quantitative estimate of drug-likeness (QED) is 0.910. The average molecular weight is 310 g/mol. The van der Waals surface area contributed by atoms with E-state index in [1.165, 1.54) is 0 Å². The Morgan fingerprint density at radius 3 is 3.09 bits per heavy atom. The van der Waals surface area contributed by atoms with Crippen molar-refractivity contribution in [2.75, 3.05) is 10.6 Å². The van der Waals surface area contributed by atoms with E-state index < -0.39 is 5.92 Å². The Morgan fingerprint density at radius 1 is 1.39 bits per heavy atom. The molecule has 2 aromatic rings. The van der Waals surface area contributed by atoms with Gasteiger partial charge in [0.2, 0.25) is 11.8 Å². The van der Waals surface area contributed by atoms with E-state index in [4.69, 9.17) is 0 Å². The highest BCUT2D eigenvalue weighted by atomic mass is 16.2. The van der Waals surface area contributed by atoms with Crippen molar-refractivity contribution in [2.24, 2.45) is 7.05 Å². The van der Waals surface area contributed by atoms with Crippen LogP contribution < -0.4 is 10.6 Å². The van der Waals surface area contributed by atoms with Crippen molar-refractivity contribution in [1.29, 1.82) is 0 Å². The molecule has 1 atom stereocenters. The largest absolute Gasteiger partial charge is 0.325 e. The van der Waals surface area contributed by atoms with Crippen molar-refractivity contribution < 1.29 is 9.59 Å². The minimum Gasteiger partial charge on any atom is -0.325 e. The molecular formula is C17H18N4O2. The van der Waals surface area contributed by atoms with Crippen LogP contribution in [0.3, 0.4) is 0 Å². The average Bonchev–Trinajstić information content (AvgIpc) is 3.17. The molecule has 0 radical (unpaired) electrons. The molecule has 6 nitrogen and oxygen atoms in total. The number of anilines is 2. The Bertz CT molecular complexity index is 809. The molecule has 2 heterocycles. The van der Waals surface area contributed by atoms with Gasteiger partial charge in [0.15, 0.2) is 0 Å². The highest BCUT2D eigenvalue weighted by molar-refractivity contribution is 6.06. The van der Waals surface area contributed by atoms with Crippen molar-refractivity contribution in [2.45, 2.75) is 31.6 Å². The first-order chi connectivity index (χ1) is 11.1. The molecule has 2 N–H and O–H groups in total. The zero-order valence-corrected chi connectivity index (χ0v) is 12.9. The van der Waals surface area contributed by atoms with E-state index in [0.717, 1.165) is 47.6 Å². The first-order valence-electron chi connectivity index (χ1n) is 7.88. The summed E-state index contributed by atoms with van der Waals surface area (Å²) in [4.78, 5) is 24.6. The van der Waals surface area contributed by atoms with Crippen LogP contribution in [0.2, 0.25) is 0 Å². The molecule has 1 aromatic carbocycles. The van der Waals surface area contributed by atoms with Crippen LogP contribution in [0, 0.1) is 0 Å². The van der Waals surface area contributed by atoms with Gasteiger partial charge >= 0.3 is 0 Å². The molecule has 1 aliphatic heterocycles. The Labute approximate surface area is 133 Å². The number of benzene rings is 1. The summed E-state index contributed by atoms with van der Waals surface area (Å²) < 4.78 is 1.73. The lowest BCUT2D eigenvalue weighted by atomic mass is 9.97. The molecule has 1 aromatic heterocycles. The Morgan fingerprint density at radius 2 is 2.22 bits per heavy atom. The normalized spacial score (nSPS) is 18.5.